The minimum Gasteiger partial charge on any atom is -0.356 e. The summed E-state index contributed by atoms with van der Waals surface area (Å²) in [5.74, 6) is -0.139. The zero-order chi connectivity index (χ0) is 15.1. The van der Waals surface area contributed by atoms with Gasteiger partial charge in [-0.1, -0.05) is 25.4 Å². The van der Waals surface area contributed by atoms with Crippen LogP contribution < -0.4 is 10.6 Å². The lowest BCUT2D eigenvalue weighted by Crippen LogP contribution is -2.30. The molecule has 0 radical (unpaired) electrons. The number of hydrogen-bond donors (Lipinski definition) is 2. The van der Waals surface area contributed by atoms with Crippen molar-refractivity contribution in [3.8, 4) is 0 Å². The van der Waals surface area contributed by atoms with Gasteiger partial charge in [-0.05, 0) is 25.0 Å². The molecule has 20 heavy (non-hydrogen) atoms. The van der Waals surface area contributed by atoms with Crippen molar-refractivity contribution in [3.05, 3.63) is 28.5 Å². The normalized spacial score (nSPS) is 10.4. The molecule has 5 nitrogen and oxygen atoms in total. The van der Waals surface area contributed by atoms with E-state index in [4.69, 9.17) is 11.6 Å². The van der Waals surface area contributed by atoms with Crippen molar-refractivity contribution in [1.82, 2.24) is 15.6 Å². The van der Waals surface area contributed by atoms with E-state index >= 15 is 0 Å². The third kappa shape index (κ3) is 5.17. The zero-order valence-corrected chi connectivity index (χ0v) is 12.8. The fourth-order valence-corrected chi connectivity index (χ4v) is 1.84. The number of halogens is 1. The molecule has 0 aliphatic carbocycles. The number of aromatic nitrogens is 1. The highest BCUT2D eigenvalue weighted by Gasteiger charge is 2.11. The maximum Gasteiger partial charge on any atom is 0.251 e. The van der Waals surface area contributed by atoms with Crippen LogP contribution in [0.1, 0.15) is 49.2 Å². The number of carbonyl (C=O) groups is 2. The van der Waals surface area contributed by atoms with Crippen LogP contribution in [0.15, 0.2) is 12.1 Å². The molecule has 0 spiro atoms. The molecule has 1 rings (SSSR count). The average molecular weight is 298 g/mol. The molecule has 0 unspecified atom stereocenters. The van der Waals surface area contributed by atoms with Gasteiger partial charge in [-0.2, -0.15) is 0 Å². The Morgan fingerprint density at radius 1 is 1.30 bits per heavy atom. The molecule has 0 fully saturated rings. The van der Waals surface area contributed by atoms with Gasteiger partial charge in [0.1, 0.15) is 5.15 Å². The monoisotopic (exact) mass is 297 g/mol. The zero-order valence-electron chi connectivity index (χ0n) is 12.0. The summed E-state index contributed by atoms with van der Waals surface area (Å²) >= 11 is 5.91. The molecule has 1 aromatic heterocycles. The van der Waals surface area contributed by atoms with Crippen molar-refractivity contribution in [3.63, 3.8) is 0 Å². The van der Waals surface area contributed by atoms with E-state index in [0.29, 0.717) is 23.8 Å². The fraction of sp³-hybridized carbons (Fsp3) is 0.500. The van der Waals surface area contributed by atoms with E-state index in [1.165, 1.54) is 6.07 Å². The molecule has 110 valence electrons. The maximum atomic E-state index is 12.0. The van der Waals surface area contributed by atoms with Crippen LogP contribution in [0.2, 0.25) is 5.15 Å². The van der Waals surface area contributed by atoms with Gasteiger partial charge in [-0.15, -0.1) is 0 Å². The quantitative estimate of drug-likeness (QED) is 0.790. The first-order chi connectivity index (χ1) is 9.43. The van der Waals surface area contributed by atoms with Gasteiger partial charge in [0, 0.05) is 30.8 Å². The van der Waals surface area contributed by atoms with E-state index in [0.717, 1.165) is 5.69 Å². The lowest BCUT2D eigenvalue weighted by atomic mass is 10.1. The topological polar surface area (TPSA) is 71.1 Å². The van der Waals surface area contributed by atoms with E-state index < -0.39 is 0 Å². The molecule has 0 atom stereocenters. The number of pyridine rings is 1. The minimum absolute atomic E-state index is 0.0802. The number of nitrogens with one attached hydrogen (secondary N) is 2. The molecule has 2 amide bonds. The highest BCUT2D eigenvalue weighted by atomic mass is 35.5. The minimum atomic E-state index is -0.250. The van der Waals surface area contributed by atoms with Crippen molar-refractivity contribution in [2.45, 2.75) is 33.1 Å². The number of amides is 2. The summed E-state index contributed by atoms with van der Waals surface area (Å²) in [5, 5.41) is 5.66. The van der Waals surface area contributed by atoms with Crippen LogP contribution in [0.3, 0.4) is 0 Å². The Morgan fingerprint density at radius 3 is 2.60 bits per heavy atom. The first kappa shape index (κ1) is 16.4. The Kier molecular flexibility index (Phi) is 6.45. The highest BCUT2D eigenvalue weighted by Crippen LogP contribution is 2.17. The van der Waals surface area contributed by atoms with Crippen molar-refractivity contribution < 1.29 is 9.59 Å². The highest BCUT2D eigenvalue weighted by molar-refractivity contribution is 6.29. The van der Waals surface area contributed by atoms with E-state index in [2.05, 4.69) is 15.6 Å². The molecule has 1 aromatic rings. The Morgan fingerprint density at radius 2 is 2.00 bits per heavy atom. The predicted molar refractivity (Wildman–Crippen MR) is 79.0 cm³/mol. The number of rotatable bonds is 6. The average Bonchev–Trinajstić information content (AvgIpc) is 2.38. The molecule has 0 aromatic carbocycles. The van der Waals surface area contributed by atoms with E-state index in [-0.39, 0.29) is 24.2 Å². The second kappa shape index (κ2) is 7.85. The Labute approximate surface area is 124 Å². The molecule has 0 aliphatic heterocycles. The SMILES string of the molecule is CCNC(=O)CCNC(=O)c1cc(Cl)nc(C(C)C)c1. The van der Waals surface area contributed by atoms with E-state index in [9.17, 15) is 9.59 Å². The molecule has 0 aliphatic rings. The van der Waals surface area contributed by atoms with Crippen molar-refractivity contribution in [2.24, 2.45) is 0 Å². The van der Waals surface area contributed by atoms with Gasteiger partial charge in [-0.3, -0.25) is 9.59 Å². The Hall–Kier alpha value is -1.62. The third-order valence-electron chi connectivity index (χ3n) is 2.68. The van der Waals surface area contributed by atoms with Crippen LogP contribution >= 0.6 is 11.6 Å². The maximum absolute atomic E-state index is 12.0. The third-order valence-corrected chi connectivity index (χ3v) is 2.87. The van der Waals surface area contributed by atoms with Crippen molar-refractivity contribution in [2.75, 3.05) is 13.1 Å². The summed E-state index contributed by atoms with van der Waals surface area (Å²) < 4.78 is 0. The smallest absolute Gasteiger partial charge is 0.251 e. The summed E-state index contributed by atoms with van der Waals surface area (Å²) in [5.41, 5.74) is 1.23. The second-order valence-electron chi connectivity index (χ2n) is 4.72. The van der Waals surface area contributed by atoms with Gasteiger partial charge in [0.15, 0.2) is 0 Å². The lowest BCUT2D eigenvalue weighted by molar-refractivity contribution is -0.120. The Balaban J connectivity index is 2.61. The first-order valence-electron chi connectivity index (χ1n) is 6.66. The summed E-state index contributed by atoms with van der Waals surface area (Å²) in [7, 11) is 0. The van der Waals surface area contributed by atoms with Crippen LogP contribution in [0.4, 0.5) is 0 Å². The Bertz CT molecular complexity index is 489. The van der Waals surface area contributed by atoms with Crippen molar-refractivity contribution >= 4 is 23.4 Å². The molecular formula is C14H20ClN3O2. The summed E-state index contributed by atoms with van der Waals surface area (Å²) in [6.45, 7) is 6.69. The fourth-order valence-electron chi connectivity index (χ4n) is 1.62. The van der Waals surface area contributed by atoms with Crippen LogP contribution in [-0.4, -0.2) is 29.9 Å². The van der Waals surface area contributed by atoms with Gasteiger partial charge in [0.25, 0.3) is 5.91 Å². The van der Waals surface area contributed by atoms with Crippen LogP contribution in [0.25, 0.3) is 0 Å². The van der Waals surface area contributed by atoms with Gasteiger partial charge >= 0.3 is 0 Å². The van der Waals surface area contributed by atoms with Crippen LogP contribution in [0, 0.1) is 0 Å². The molecule has 0 saturated heterocycles. The molecule has 1 heterocycles. The summed E-state index contributed by atoms with van der Waals surface area (Å²) in [4.78, 5) is 27.4. The van der Waals surface area contributed by atoms with E-state index in [1.54, 1.807) is 6.07 Å². The number of carbonyl (C=O) groups excluding carboxylic acids is 2. The van der Waals surface area contributed by atoms with Crippen molar-refractivity contribution in [1.29, 1.82) is 0 Å². The molecule has 6 heteroatoms. The molecule has 0 bridgehead atoms. The number of nitrogens with zero attached hydrogens (tertiary/aromatic N) is 1. The lowest BCUT2D eigenvalue weighted by Gasteiger charge is -2.09. The molecular weight excluding hydrogens is 278 g/mol. The summed E-state index contributed by atoms with van der Waals surface area (Å²) in [6.07, 6.45) is 0.259. The van der Waals surface area contributed by atoms with E-state index in [1.807, 2.05) is 20.8 Å². The summed E-state index contributed by atoms with van der Waals surface area (Å²) in [6, 6.07) is 3.24. The standard InChI is InChI=1S/C14H20ClN3O2/c1-4-16-13(19)5-6-17-14(20)10-7-11(9(2)3)18-12(15)8-10/h7-9H,4-6H2,1-3H3,(H,16,19)(H,17,20). The molecule has 0 saturated carbocycles. The predicted octanol–water partition coefficient (Wildman–Crippen LogP) is 2.11. The first-order valence-corrected chi connectivity index (χ1v) is 7.04. The van der Waals surface area contributed by atoms with Gasteiger partial charge in [-0.25, -0.2) is 4.98 Å². The van der Waals surface area contributed by atoms with Gasteiger partial charge < -0.3 is 10.6 Å². The van der Waals surface area contributed by atoms with Crippen LogP contribution in [-0.2, 0) is 4.79 Å². The van der Waals surface area contributed by atoms with Gasteiger partial charge in [0.2, 0.25) is 5.91 Å². The molecule has 2 N–H and O–H groups in total. The van der Waals surface area contributed by atoms with Crippen LogP contribution in [0.5, 0.6) is 0 Å². The second-order valence-corrected chi connectivity index (χ2v) is 5.10. The largest absolute Gasteiger partial charge is 0.356 e. The van der Waals surface area contributed by atoms with Gasteiger partial charge in [0.05, 0.1) is 0 Å². The number of hydrogen-bond acceptors (Lipinski definition) is 3.